The third-order valence-electron chi connectivity index (χ3n) is 12.2. The van der Waals surface area contributed by atoms with Crippen LogP contribution >= 0.6 is 0 Å². The van der Waals surface area contributed by atoms with Gasteiger partial charge in [0.25, 0.3) is 0 Å². The van der Waals surface area contributed by atoms with Gasteiger partial charge >= 0.3 is 6.09 Å². The van der Waals surface area contributed by atoms with Crippen LogP contribution in [0.2, 0.25) is 0 Å². The van der Waals surface area contributed by atoms with Crippen LogP contribution in [-0.2, 0) is 51.4 Å². The summed E-state index contributed by atoms with van der Waals surface area (Å²) in [4.78, 5) is 86.8. The van der Waals surface area contributed by atoms with Crippen molar-refractivity contribution in [2.45, 2.75) is 147 Å². The van der Waals surface area contributed by atoms with Crippen LogP contribution in [0.5, 0.6) is 0 Å². The van der Waals surface area contributed by atoms with Crippen molar-refractivity contribution in [2.24, 2.45) is 11.8 Å². The summed E-state index contributed by atoms with van der Waals surface area (Å²) in [6.07, 6.45) is 9.38. The molecule has 1 aliphatic heterocycles. The van der Waals surface area contributed by atoms with Crippen LogP contribution in [0.3, 0.4) is 0 Å². The number of hydrogen-bond donors (Lipinski definition) is 5. The number of likely N-dealkylation sites (N-methyl/N-ethyl adjacent to an activating group) is 1. The molecule has 1 saturated carbocycles. The van der Waals surface area contributed by atoms with Gasteiger partial charge in [0, 0.05) is 13.1 Å². The molecular weight excluding hydrogens is 805 g/mol. The van der Waals surface area contributed by atoms with Crippen LogP contribution in [0.1, 0.15) is 103 Å². The summed E-state index contributed by atoms with van der Waals surface area (Å²) in [6.45, 7) is 5.19. The first-order valence-corrected chi connectivity index (χ1v) is 22.8. The van der Waals surface area contributed by atoms with Crippen molar-refractivity contribution in [1.29, 1.82) is 0 Å². The number of carbonyl (C=O) groups is 6. The van der Waals surface area contributed by atoms with E-state index in [0.29, 0.717) is 51.4 Å². The second-order valence-electron chi connectivity index (χ2n) is 17.1. The van der Waals surface area contributed by atoms with E-state index in [0.717, 1.165) is 30.4 Å². The van der Waals surface area contributed by atoms with E-state index in [9.17, 15) is 28.8 Å². The SMILES string of the molecule is CCC[C@H]1C(=O)N[C@@H](C2CCCCC2)C(=O)N[C@@H](CNC(=O)OCc2ccccc2)C(=O)N[C@@H]([C@H](C)OCc2ccccc2)C(=O)N[C@H](C)CO[C@@H]2CC/C=C\CC[C@H]2C(=O)N1C. The minimum atomic E-state index is -1.41. The zero-order valence-electron chi connectivity index (χ0n) is 37.4. The van der Waals surface area contributed by atoms with Crippen LogP contribution in [0, 0.1) is 11.8 Å². The number of nitrogens with zero attached hydrogens (tertiary/aromatic N) is 1. The summed E-state index contributed by atoms with van der Waals surface area (Å²) in [5, 5.41) is 14.2. The lowest BCUT2D eigenvalue weighted by molar-refractivity contribution is -0.148. The fraction of sp³-hybridized carbons (Fsp3) is 0.583. The Bertz CT molecular complexity index is 1820. The molecule has 2 aliphatic carbocycles. The lowest BCUT2D eigenvalue weighted by Gasteiger charge is -2.36. The van der Waals surface area contributed by atoms with E-state index in [4.69, 9.17) is 14.2 Å². The molecule has 6 amide bonds. The summed E-state index contributed by atoms with van der Waals surface area (Å²) < 4.78 is 18.1. The zero-order valence-corrected chi connectivity index (χ0v) is 37.4. The maximum absolute atomic E-state index is 14.6. The second-order valence-corrected chi connectivity index (χ2v) is 17.1. The van der Waals surface area contributed by atoms with Gasteiger partial charge in [-0.05, 0) is 75.8 Å². The molecule has 0 aromatic heterocycles. The Kier molecular flexibility index (Phi) is 19.4. The number of nitrogens with one attached hydrogen (secondary N) is 5. The maximum atomic E-state index is 14.6. The van der Waals surface area contributed by atoms with Gasteiger partial charge in [-0.3, -0.25) is 24.0 Å². The number of rotatable bonds is 11. The molecule has 5 N–H and O–H groups in total. The normalized spacial score (nSPS) is 27.3. The summed E-state index contributed by atoms with van der Waals surface area (Å²) in [5.41, 5.74) is 1.61. The van der Waals surface area contributed by atoms with E-state index >= 15 is 0 Å². The molecule has 2 fully saturated rings. The van der Waals surface area contributed by atoms with Crippen molar-refractivity contribution in [1.82, 2.24) is 31.5 Å². The van der Waals surface area contributed by atoms with Crippen LogP contribution < -0.4 is 26.6 Å². The lowest BCUT2D eigenvalue weighted by Crippen LogP contribution is -2.63. The Morgan fingerprint density at radius 2 is 1.44 bits per heavy atom. The van der Waals surface area contributed by atoms with Crippen LogP contribution in [0.25, 0.3) is 0 Å². The molecule has 3 aliphatic rings. The highest BCUT2D eigenvalue weighted by atomic mass is 16.5. The van der Waals surface area contributed by atoms with Crippen LogP contribution in [0.4, 0.5) is 4.79 Å². The third-order valence-corrected chi connectivity index (χ3v) is 12.2. The van der Waals surface area contributed by atoms with Crippen LogP contribution in [0.15, 0.2) is 72.8 Å². The average Bonchev–Trinajstić information content (AvgIpc) is 3.28. The quantitative estimate of drug-likeness (QED) is 0.197. The van der Waals surface area contributed by atoms with Crippen molar-refractivity contribution >= 4 is 35.6 Å². The van der Waals surface area contributed by atoms with Crippen LogP contribution in [-0.4, -0.2) is 103 Å². The Morgan fingerprint density at radius 1 is 0.794 bits per heavy atom. The number of carbonyl (C=O) groups excluding carboxylic acids is 6. The Labute approximate surface area is 372 Å². The number of fused-ring (bicyclic) bond motifs is 1. The Balaban J connectivity index is 1.49. The molecule has 2 aromatic rings. The molecule has 0 unspecified atom stereocenters. The van der Waals surface area contributed by atoms with Gasteiger partial charge in [-0.15, -0.1) is 0 Å². The van der Waals surface area contributed by atoms with Gasteiger partial charge in [0.05, 0.1) is 37.9 Å². The molecule has 0 radical (unpaired) electrons. The first-order valence-electron chi connectivity index (χ1n) is 22.8. The minimum Gasteiger partial charge on any atom is -0.445 e. The molecule has 1 heterocycles. The number of hydrogen-bond acceptors (Lipinski definition) is 9. The summed E-state index contributed by atoms with van der Waals surface area (Å²) in [5.74, 6) is -3.44. The molecule has 63 heavy (non-hydrogen) atoms. The van der Waals surface area contributed by atoms with Gasteiger partial charge in [-0.25, -0.2) is 4.79 Å². The van der Waals surface area contributed by atoms with Crippen molar-refractivity contribution < 1.29 is 43.0 Å². The van der Waals surface area contributed by atoms with Gasteiger partial charge < -0.3 is 45.7 Å². The lowest BCUT2D eigenvalue weighted by atomic mass is 9.83. The summed E-state index contributed by atoms with van der Waals surface area (Å²) in [7, 11) is 1.64. The highest BCUT2D eigenvalue weighted by Gasteiger charge is 2.40. The molecule has 0 bridgehead atoms. The van der Waals surface area contributed by atoms with E-state index < -0.39 is 84.6 Å². The number of allylic oxidation sites excluding steroid dienone is 2. The molecule has 15 heteroatoms. The van der Waals surface area contributed by atoms with Crippen molar-refractivity contribution in [3.8, 4) is 0 Å². The summed E-state index contributed by atoms with van der Waals surface area (Å²) in [6, 6.07) is 13.3. The number of amides is 6. The largest absolute Gasteiger partial charge is 0.445 e. The average molecular weight is 873 g/mol. The molecule has 344 valence electrons. The van der Waals surface area contributed by atoms with E-state index in [1.807, 2.05) is 55.5 Å². The van der Waals surface area contributed by atoms with Crippen molar-refractivity contribution in [3.05, 3.63) is 83.9 Å². The second kappa shape index (κ2) is 25.1. The maximum Gasteiger partial charge on any atom is 0.407 e. The van der Waals surface area contributed by atoms with E-state index in [-0.39, 0.29) is 31.6 Å². The Hall–Kier alpha value is -5.28. The van der Waals surface area contributed by atoms with Gasteiger partial charge in [-0.2, -0.15) is 0 Å². The molecular formula is C48H68N6O9. The molecule has 2 aromatic carbocycles. The van der Waals surface area contributed by atoms with Crippen molar-refractivity contribution in [3.63, 3.8) is 0 Å². The van der Waals surface area contributed by atoms with E-state index in [2.05, 4.69) is 38.7 Å². The number of ether oxygens (including phenoxy) is 3. The van der Waals surface area contributed by atoms with Gasteiger partial charge in [0.15, 0.2) is 0 Å². The van der Waals surface area contributed by atoms with E-state index in [1.54, 1.807) is 33.0 Å². The van der Waals surface area contributed by atoms with Gasteiger partial charge in [-0.1, -0.05) is 105 Å². The molecule has 8 atom stereocenters. The molecule has 5 rings (SSSR count). The predicted molar refractivity (Wildman–Crippen MR) is 238 cm³/mol. The van der Waals surface area contributed by atoms with Crippen molar-refractivity contribution in [2.75, 3.05) is 20.2 Å². The van der Waals surface area contributed by atoms with Gasteiger partial charge in [0.2, 0.25) is 29.5 Å². The highest BCUT2D eigenvalue weighted by Crippen LogP contribution is 2.29. The fourth-order valence-corrected chi connectivity index (χ4v) is 8.57. The molecule has 0 spiro atoms. The first-order chi connectivity index (χ1) is 30.4. The monoisotopic (exact) mass is 873 g/mol. The fourth-order valence-electron chi connectivity index (χ4n) is 8.57. The standard InChI is InChI=1S/C48H68N6O9/c1-5-19-39-44(56)53-42(36-24-15-10-16-25-36)46(58)51-38(28-49-48(60)63-31-35-22-13-9-14-23-35)43(55)52-41(33(3)61-30-34-20-11-8-12-21-34)45(57)50-32(2)29-62-40-27-18-7-6-17-26-37(40)47(59)54(39)4/h6-9,11-14,20-23,32-33,36-42H,5,10,15-19,24-31H2,1-4H3,(H,49,60)(H,50,57)(H,51,58)(H,52,55)(H,53,56)/b7-6-/t32-,33+,37-,38+,39+,40-,41+,42+/m1/s1. The zero-order chi connectivity index (χ0) is 45.1. The number of benzene rings is 2. The molecule has 15 nitrogen and oxygen atoms in total. The summed E-state index contributed by atoms with van der Waals surface area (Å²) >= 11 is 0. The number of alkyl carbamates (subject to hydrolysis) is 1. The molecule has 1 saturated heterocycles. The van der Waals surface area contributed by atoms with Gasteiger partial charge in [0.1, 0.15) is 30.8 Å². The highest BCUT2D eigenvalue weighted by molar-refractivity contribution is 5.96. The third kappa shape index (κ3) is 14.9. The Morgan fingerprint density at radius 3 is 2.11 bits per heavy atom. The first kappa shape index (κ1) is 48.7. The smallest absolute Gasteiger partial charge is 0.407 e. The predicted octanol–water partition coefficient (Wildman–Crippen LogP) is 4.83. The minimum absolute atomic E-state index is 0.0274. The van der Waals surface area contributed by atoms with E-state index in [1.165, 1.54) is 4.90 Å². The topological polar surface area (TPSA) is 194 Å².